The number of aliphatic hydroxyl groups excluding tert-OH is 1. The third-order valence-electron chi connectivity index (χ3n) is 6.47. The fourth-order valence-electron chi connectivity index (χ4n) is 4.59. The Balaban J connectivity index is 1.47. The number of hydrogen-bond donors (Lipinski definition) is 5. The van der Waals surface area contributed by atoms with Crippen molar-refractivity contribution in [2.45, 2.75) is 24.7 Å². The zero-order valence-electron chi connectivity index (χ0n) is 19.5. The summed E-state index contributed by atoms with van der Waals surface area (Å²) in [4.78, 5) is 10.4. The fraction of sp³-hybridized carbons (Fsp3) is 0.320. The third kappa shape index (κ3) is 4.37. The van der Waals surface area contributed by atoms with Crippen molar-refractivity contribution in [1.82, 2.24) is 4.98 Å². The Morgan fingerprint density at radius 2 is 1.82 bits per heavy atom. The summed E-state index contributed by atoms with van der Waals surface area (Å²) < 4.78 is 12.9. The smallest absolute Gasteiger partial charge is 0.211 e. The molecular weight excluding hydrogens is 447 g/mol. The van der Waals surface area contributed by atoms with Crippen molar-refractivity contribution in [1.29, 1.82) is 0 Å². The lowest BCUT2D eigenvalue weighted by Gasteiger charge is -2.34. The lowest BCUT2D eigenvalue weighted by Crippen LogP contribution is -2.47. The minimum atomic E-state index is -2.50. The first-order valence-electron chi connectivity index (χ1n) is 11.5. The average Bonchev–Trinajstić information content (AvgIpc) is 3.28. The molecule has 34 heavy (non-hydrogen) atoms. The summed E-state index contributed by atoms with van der Waals surface area (Å²) in [5.74, 6) is -0.596. The molecule has 8 nitrogen and oxygen atoms in total. The van der Waals surface area contributed by atoms with Crippen LogP contribution in [0.4, 0.5) is 17.1 Å². The summed E-state index contributed by atoms with van der Waals surface area (Å²) in [6.07, 6.45) is 3.20. The van der Waals surface area contributed by atoms with E-state index in [0.29, 0.717) is 5.84 Å². The first-order valence-corrected chi connectivity index (χ1v) is 14.1. The van der Waals surface area contributed by atoms with Crippen LogP contribution in [0.3, 0.4) is 0 Å². The summed E-state index contributed by atoms with van der Waals surface area (Å²) in [6, 6.07) is 17.6. The molecule has 2 aliphatic rings. The Labute approximate surface area is 199 Å². The highest BCUT2D eigenvalue weighted by Crippen LogP contribution is 2.38. The standard InChI is InChI=1S/C25H31N6O2P/c1-34(2,33)22-6-4-3-5-20(22)28-24-23-21(11-14-27-23)29-25(26,30-24)17-7-9-18(10-8-17)31-15-12-19(32)13-16-31/h3-11,14,19,27,29,32H,12-13,15-16,26H2,1-2H3,(H,28,30). The van der Waals surface area contributed by atoms with Crippen LogP contribution in [0.25, 0.3) is 0 Å². The normalized spacial score (nSPS) is 20.9. The molecule has 178 valence electrons. The first-order chi connectivity index (χ1) is 16.2. The van der Waals surface area contributed by atoms with Crippen LogP contribution in [0.2, 0.25) is 0 Å². The van der Waals surface area contributed by atoms with E-state index in [-0.39, 0.29) is 6.10 Å². The van der Waals surface area contributed by atoms with E-state index in [1.807, 2.05) is 48.7 Å². The van der Waals surface area contributed by atoms with Gasteiger partial charge in [0.05, 0.1) is 17.5 Å². The number of para-hydroxylation sites is 1. The molecule has 0 spiro atoms. The molecule has 6 N–H and O–H groups in total. The molecule has 3 aromatic rings. The predicted molar refractivity (Wildman–Crippen MR) is 140 cm³/mol. The minimum Gasteiger partial charge on any atom is -0.393 e. The second-order valence-corrected chi connectivity index (χ2v) is 12.6. The van der Waals surface area contributed by atoms with Crippen LogP contribution in [0.1, 0.15) is 24.1 Å². The molecule has 1 aromatic heterocycles. The van der Waals surface area contributed by atoms with Gasteiger partial charge in [-0.05, 0) is 56.5 Å². The Morgan fingerprint density at radius 3 is 2.53 bits per heavy atom. The van der Waals surface area contributed by atoms with Gasteiger partial charge >= 0.3 is 0 Å². The molecule has 1 atom stereocenters. The lowest BCUT2D eigenvalue weighted by atomic mass is 10.0. The van der Waals surface area contributed by atoms with Gasteiger partial charge in [0.25, 0.3) is 0 Å². The van der Waals surface area contributed by atoms with Crippen LogP contribution < -0.4 is 26.6 Å². The Hall–Kier alpha value is -3.06. The van der Waals surface area contributed by atoms with Crippen molar-refractivity contribution in [3.05, 3.63) is 72.1 Å². The molecule has 0 bridgehead atoms. The number of fused-ring (bicyclic) bond motifs is 1. The Bertz CT molecular complexity index is 1260. The number of aliphatic hydroxyl groups is 1. The van der Waals surface area contributed by atoms with Gasteiger partial charge in [-0.2, -0.15) is 0 Å². The van der Waals surface area contributed by atoms with Gasteiger partial charge in [0, 0.05) is 35.8 Å². The molecule has 0 aliphatic carbocycles. The minimum absolute atomic E-state index is 0.204. The molecule has 5 rings (SSSR count). The number of nitrogens with one attached hydrogen (secondary N) is 3. The van der Waals surface area contributed by atoms with E-state index in [9.17, 15) is 9.67 Å². The van der Waals surface area contributed by atoms with Gasteiger partial charge < -0.3 is 30.2 Å². The van der Waals surface area contributed by atoms with Crippen LogP contribution in [0.15, 0.2) is 65.8 Å². The maximum Gasteiger partial charge on any atom is 0.211 e. The number of nitrogens with two attached hydrogens (primary N) is 1. The van der Waals surface area contributed by atoms with Gasteiger partial charge in [0.15, 0.2) is 5.84 Å². The summed E-state index contributed by atoms with van der Waals surface area (Å²) >= 11 is 0. The molecule has 1 saturated heterocycles. The predicted octanol–water partition coefficient (Wildman–Crippen LogP) is 3.28. The fourth-order valence-corrected chi connectivity index (χ4v) is 5.74. The molecule has 9 heteroatoms. The van der Waals surface area contributed by atoms with Gasteiger partial charge in [-0.25, -0.2) is 4.99 Å². The zero-order chi connectivity index (χ0) is 23.9. The van der Waals surface area contributed by atoms with Crippen molar-refractivity contribution >= 4 is 35.3 Å². The van der Waals surface area contributed by atoms with Gasteiger partial charge in [0.2, 0.25) is 5.79 Å². The quantitative estimate of drug-likeness (QED) is 0.367. The number of aromatic nitrogens is 1. The Kier molecular flexibility index (Phi) is 5.76. The number of piperidine rings is 1. The van der Waals surface area contributed by atoms with Gasteiger partial charge in [-0.1, -0.05) is 24.3 Å². The number of H-pyrrole nitrogens is 1. The highest BCUT2D eigenvalue weighted by molar-refractivity contribution is 7.70. The van der Waals surface area contributed by atoms with Crippen LogP contribution in [-0.2, 0) is 10.4 Å². The van der Waals surface area contributed by atoms with Crippen molar-refractivity contribution < 1.29 is 9.67 Å². The van der Waals surface area contributed by atoms with E-state index < -0.39 is 12.9 Å². The molecule has 0 radical (unpaired) electrons. The molecule has 2 aromatic carbocycles. The average molecular weight is 479 g/mol. The maximum atomic E-state index is 12.9. The topological polar surface area (TPSA) is 119 Å². The Morgan fingerprint density at radius 1 is 1.12 bits per heavy atom. The number of rotatable bonds is 4. The van der Waals surface area contributed by atoms with Crippen molar-refractivity contribution in [2.75, 3.05) is 42.0 Å². The first kappa shape index (κ1) is 22.7. The summed E-state index contributed by atoms with van der Waals surface area (Å²) in [5, 5.41) is 17.3. The molecule has 2 aliphatic heterocycles. The molecule has 1 unspecified atom stereocenters. The number of amidine groups is 1. The third-order valence-corrected chi connectivity index (χ3v) is 8.02. The van der Waals surface area contributed by atoms with E-state index in [1.165, 1.54) is 0 Å². The van der Waals surface area contributed by atoms with Crippen LogP contribution in [-0.4, -0.2) is 48.4 Å². The van der Waals surface area contributed by atoms with E-state index in [2.05, 4.69) is 32.7 Å². The van der Waals surface area contributed by atoms with Crippen LogP contribution in [0, 0.1) is 0 Å². The highest BCUT2D eigenvalue weighted by atomic mass is 31.2. The summed E-state index contributed by atoms with van der Waals surface area (Å²) in [7, 11) is -2.50. The van der Waals surface area contributed by atoms with Crippen LogP contribution in [0.5, 0.6) is 0 Å². The second-order valence-electron chi connectivity index (χ2n) is 9.38. The number of aromatic amines is 1. The van der Waals surface area contributed by atoms with Gasteiger partial charge in [-0.3, -0.25) is 5.73 Å². The number of aliphatic imine (C=N–C) groups is 1. The van der Waals surface area contributed by atoms with Crippen molar-refractivity contribution in [3.8, 4) is 0 Å². The number of anilines is 3. The molecule has 0 amide bonds. The maximum absolute atomic E-state index is 12.9. The summed E-state index contributed by atoms with van der Waals surface area (Å²) in [5.41, 5.74) is 11.1. The molecular formula is C25H31N6O2P. The molecule has 3 heterocycles. The SMILES string of the molecule is CP(C)(=O)c1ccccc1NC1=NC(N)(c2ccc(N3CCC(O)CC3)cc2)Nc2cc[nH]c21. The lowest BCUT2D eigenvalue weighted by molar-refractivity contribution is 0.145. The van der Waals surface area contributed by atoms with Gasteiger partial charge in [0.1, 0.15) is 12.8 Å². The van der Waals surface area contributed by atoms with Crippen molar-refractivity contribution in [2.24, 2.45) is 10.7 Å². The zero-order valence-corrected chi connectivity index (χ0v) is 20.3. The van der Waals surface area contributed by atoms with Gasteiger partial charge in [-0.15, -0.1) is 0 Å². The number of hydrogen-bond acceptors (Lipinski definition) is 7. The van der Waals surface area contributed by atoms with E-state index in [4.69, 9.17) is 10.7 Å². The van der Waals surface area contributed by atoms with E-state index in [1.54, 1.807) is 13.3 Å². The van der Waals surface area contributed by atoms with Crippen molar-refractivity contribution in [3.63, 3.8) is 0 Å². The number of nitrogens with zero attached hydrogens (tertiary/aromatic N) is 2. The summed E-state index contributed by atoms with van der Waals surface area (Å²) in [6.45, 7) is 5.19. The molecule has 0 saturated carbocycles. The second kappa shape index (κ2) is 8.62. The number of benzene rings is 2. The highest BCUT2D eigenvalue weighted by Gasteiger charge is 2.34. The van der Waals surface area contributed by atoms with E-state index >= 15 is 0 Å². The monoisotopic (exact) mass is 478 g/mol. The van der Waals surface area contributed by atoms with Crippen LogP contribution >= 0.6 is 7.14 Å². The van der Waals surface area contributed by atoms with E-state index in [0.717, 1.165) is 59.6 Å². The molecule has 1 fully saturated rings. The largest absolute Gasteiger partial charge is 0.393 e.